The predicted octanol–water partition coefficient (Wildman–Crippen LogP) is 4.85. The molecule has 0 aliphatic carbocycles. The van der Waals surface area contributed by atoms with Crippen LogP contribution in [0.2, 0.25) is 0 Å². The number of alkyl halides is 3. The summed E-state index contributed by atoms with van der Waals surface area (Å²) < 4.78 is 39.0. The molecular weight excluding hydrogens is 349 g/mol. The molecule has 0 spiro atoms. The van der Waals surface area contributed by atoms with E-state index in [0.29, 0.717) is 0 Å². The molecule has 1 atom stereocenters. The minimum Gasteiger partial charge on any atom is -0.314 e. The van der Waals surface area contributed by atoms with Gasteiger partial charge in [-0.3, -0.25) is 4.90 Å². The molecule has 0 radical (unpaired) electrons. The van der Waals surface area contributed by atoms with Crippen LogP contribution in [0.25, 0.3) is 10.8 Å². The largest absolute Gasteiger partial charge is 0.416 e. The molecule has 0 amide bonds. The monoisotopic (exact) mass is 370 g/mol. The third-order valence-corrected chi connectivity index (χ3v) is 5.19. The molecule has 3 aromatic carbocycles. The zero-order valence-electron chi connectivity index (χ0n) is 14.8. The normalized spacial score (nSPS) is 17.1. The van der Waals surface area contributed by atoms with Crippen molar-refractivity contribution in [1.29, 1.82) is 0 Å². The Hall–Kier alpha value is -2.37. The van der Waals surface area contributed by atoms with Gasteiger partial charge in [-0.05, 0) is 34.0 Å². The van der Waals surface area contributed by atoms with E-state index in [9.17, 15) is 13.2 Å². The molecule has 0 saturated carbocycles. The van der Waals surface area contributed by atoms with Gasteiger partial charge in [0.2, 0.25) is 0 Å². The average molecular weight is 370 g/mol. The number of nitrogens with one attached hydrogen (secondary N) is 1. The number of nitrogens with zero attached hydrogens (tertiary/aromatic N) is 1. The Balaban J connectivity index is 1.82. The summed E-state index contributed by atoms with van der Waals surface area (Å²) in [6.07, 6.45) is -4.32. The molecule has 140 valence electrons. The molecule has 1 N–H and O–H groups in total. The molecule has 2 nitrogen and oxygen atoms in total. The molecule has 1 saturated heterocycles. The van der Waals surface area contributed by atoms with Gasteiger partial charge in [0.05, 0.1) is 11.6 Å². The summed E-state index contributed by atoms with van der Waals surface area (Å²) in [4.78, 5) is 2.35. The van der Waals surface area contributed by atoms with Gasteiger partial charge >= 0.3 is 6.18 Å². The molecule has 0 bridgehead atoms. The molecule has 0 aromatic heterocycles. The Labute approximate surface area is 156 Å². The van der Waals surface area contributed by atoms with Gasteiger partial charge in [-0.15, -0.1) is 0 Å². The van der Waals surface area contributed by atoms with Crippen molar-refractivity contribution >= 4 is 10.8 Å². The minimum absolute atomic E-state index is 0.0690. The van der Waals surface area contributed by atoms with Crippen LogP contribution in [0.5, 0.6) is 0 Å². The average Bonchev–Trinajstić information content (AvgIpc) is 2.69. The highest BCUT2D eigenvalue weighted by Gasteiger charge is 2.31. The topological polar surface area (TPSA) is 15.3 Å². The predicted molar refractivity (Wildman–Crippen MR) is 102 cm³/mol. The highest BCUT2D eigenvalue weighted by molar-refractivity contribution is 5.86. The fourth-order valence-electron chi connectivity index (χ4n) is 3.87. The highest BCUT2D eigenvalue weighted by Crippen LogP contribution is 2.36. The van der Waals surface area contributed by atoms with Gasteiger partial charge in [0.25, 0.3) is 0 Å². The van der Waals surface area contributed by atoms with Crippen molar-refractivity contribution in [2.45, 2.75) is 12.2 Å². The van der Waals surface area contributed by atoms with Crippen molar-refractivity contribution in [3.63, 3.8) is 0 Å². The van der Waals surface area contributed by atoms with E-state index in [1.807, 2.05) is 18.2 Å². The van der Waals surface area contributed by atoms with E-state index < -0.39 is 11.7 Å². The summed E-state index contributed by atoms with van der Waals surface area (Å²) >= 11 is 0. The van der Waals surface area contributed by atoms with E-state index in [0.717, 1.165) is 48.1 Å². The second kappa shape index (κ2) is 7.33. The molecular formula is C22H21F3N2. The van der Waals surface area contributed by atoms with Gasteiger partial charge in [0.15, 0.2) is 0 Å². The summed E-state index contributed by atoms with van der Waals surface area (Å²) in [6.45, 7) is 3.47. The molecule has 1 aliphatic rings. The maximum Gasteiger partial charge on any atom is 0.416 e. The van der Waals surface area contributed by atoms with Gasteiger partial charge in [-0.25, -0.2) is 0 Å². The third kappa shape index (κ3) is 3.70. The fraction of sp³-hybridized carbons (Fsp3) is 0.273. The van der Waals surface area contributed by atoms with E-state index in [1.54, 1.807) is 12.1 Å². The summed E-state index contributed by atoms with van der Waals surface area (Å²) in [6, 6.07) is 19.9. The molecule has 1 aliphatic heterocycles. The summed E-state index contributed by atoms with van der Waals surface area (Å²) in [5.74, 6) is 0. The lowest BCUT2D eigenvalue weighted by molar-refractivity contribution is -0.137. The van der Waals surface area contributed by atoms with Crippen molar-refractivity contribution < 1.29 is 13.2 Å². The first-order valence-corrected chi connectivity index (χ1v) is 9.13. The molecule has 5 heteroatoms. The van der Waals surface area contributed by atoms with Crippen LogP contribution in [-0.4, -0.2) is 31.1 Å². The first kappa shape index (κ1) is 18.0. The van der Waals surface area contributed by atoms with E-state index in [4.69, 9.17) is 0 Å². The van der Waals surface area contributed by atoms with Crippen molar-refractivity contribution in [1.82, 2.24) is 10.2 Å². The second-order valence-corrected chi connectivity index (χ2v) is 6.88. The molecule has 1 unspecified atom stereocenters. The van der Waals surface area contributed by atoms with Crippen LogP contribution < -0.4 is 5.32 Å². The quantitative estimate of drug-likeness (QED) is 0.709. The van der Waals surface area contributed by atoms with Gasteiger partial charge < -0.3 is 5.32 Å². The first-order chi connectivity index (χ1) is 13.0. The number of fused-ring (bicyclic) bond motifs is 1. The molecule has 1 heterocycles. The number of halogens is 3. The van der Waals surface area contributed by atoms with Crippen molar-refractivity contribution in [3.8, 4) is 0 Å². The van der Waals surface area contributed by atoms with Crippen molar-refractivity contribution in [2.24, 2.45) is 0 Å². The lowest BCUT2D eigenvalue weighted by Crippen LogP contribution is -2.45. The Morgan fingerprint density at radius 1 is 0.815 bits per heavy atom. The van der Waals surface area contributed by atoms with Gasteiger partial charge in [0.1, 0.15) is 0 Å². The van der Waals surface area contributed by atoms with Crippen molar-refractivity contribution in [2.75, 3.05) is 26.2 Å². The maximum absolute atomic E-state index is 13.0. The van der Waals surface area contributed by atoms with E-state index >= 15 is 0 Å². The van der Waals surface area contributed by atoms with Crippen LogP contribution in [0, 0.1) is 0 Å². The fourth-order valence-corrected chi connectivity index (χ4v) is 3.87. The van der Waals surface area contributed by atoms with Crippen LogP contribution in [0.15, 0.2) is 66.7 Å². The van der Waals surface area contributed by atoms with E-state index in [2.05, 4.69) is 34.5 Å². The summed E-state index contributed by atoms with van der Waals surface area (Å²) in [5.41, 5.74) is 1.42. The minimum atomic E-state index is -4.32. The summed E-state index contributed by atoms with van der Waals surface area (Å²) in [7, 11) is 0. The zero-order valence-corrected chi connectivity index (χ0v) is 14.8. The van der Waals surface area contributed by atoms with Crippen LogP contribution in [0.4, 0.5) is 13.2 Å². The van der Waals surface area contributed by atoms with E-state index in [1.165, 1.54) is 12.1 Å². The lowest BCUT2D eigenvalue weighted by Gasteiger charge is -2.36. The first-order valence-electron chi connectivity index (χ1n) is 9.13. The molecule has 3 aromatic rings. The zero-order chi connectivity index (χ0) is 18.9. The van der Waals surface area contributed by atoms with Crippen LogP contribution >= 0.6 is 0 Å². The number of piperazine rings is 1. The number of hydrogen-bond donors (Lipinski definition) is 1. The number of rotatable bonds is 3. The molecule has 27 heavy (non-hydrogen) atoms. The van der Waals surface area contributed by atoms with Gasteiger partial charge in [0, 0.05) is 26.2 Å². The smallest absolute Gasteiger partial charge is 0.314 e. The van der Waals surface area contributed by atoms with Gasteiger partial charge in [-0.1, -0.05) is 54.6 Å². The Kier molecular flexibility index (Phi) is 4.89. The van der Waals surface area contributed by atoms with Crippen molar-refractivity contribution in [3.05, 3.63) is 83.4 Å². The number of benzene rings is 3. The lowest BCUT2D eigenvalue weighted by atomic mass is 9.91. The maximum atomic E-state index is 13.0. The molecule has 4 rings (SSSR count). The second-order valence-electron chi connectivity index (χ2n) is 6.88. The Morgan fingerprint density at radius 3 is 2.19 bits per heavy atom. The molecule has 1 fully saturated rings. The Bertz CT molecular complexity index is 907. The highest BCUT2D eigenvalue weighted by atomic mass is 19.4. The number of hydrogen-bond acceptors (Lipinski definition) is 2. The standard InChI is InChI=1S/C22H21F3N2/c23-22(24,25)18-10-8-17(9-11-18)21(27-14-12-26-13-15-27)20-7-3-5-16-4-1-2-6-19(16)20/h1-11,21,26H,12-15H2. The third-order valence-electron chi connectivity index (χ3n) is 5.19. The SMILES string of the molecule is FC(F)(F)c1ccc(C(c2cccc3ccccc23)N2CCNCC2)cc1. The summed E-state index contributed by atoms with van der Waals surface area (Å²) in [5, 5.41) is 5.63. The van der Waals surface area contributed by atoms with Crippen LogP contribution in [0.3, 0.4) is 0 Å². The van der Waals surface area contributed by atoms with Gasteiger partial charge in [-0.2, -0.15) is 13.2 Å². The van der Waals surface area contributed by atoms with Crippen LogP contribution in [0.1, 0.15) is 22.7 Å². The Morgan fingerprint density at radius 2 is 1.48 bits per heavy atom. The van der Waals surface area contributed by atoms with E-state index in [-0.39, 0.29) is 6.04 Å². The van der Waals surface area contributed by atoms with Crippen LogP contribution in [-0.2, 0) is 6.18 Å².